The lowest BCUT2D eigenvalue weighted by atomic mass is 9.80. The highest BCUT2D eigenvalue weighted by molar-refractivity contribution is 6.14. The number of furan rings is 1. The molecule has 258 valence electrons. The first-order valence-electron chi connectivity index (χ1n) is 18.8. The lowest BCUT2D eigenvalue weighted by Crippen LogP contribution is -2.07. The molecule has 11 rings (SSSR count). The van der Waals surface area contributed by atoms with Crippen molar-refractivity contribution < 1.29 is 4.42 Å². The average molecular weight is 704 g/mol. The summed E-state index contributed by atoms with van der Waals surface area (Å²) in [6.07, 6.45) is 5.69. The van der Waals surface area contributed by atoms with Crippen LogP contribution in [0.3, 0.4) is 0 Å². The second-order valence-corrected chi connectivity index (χ2v) is 14.3. The SMILES string of the molecule is C1=CC(c2ccc(-c3cc(-c4nc(-c5ccccc5)nc(-c5ccccc5)n4)cc4oc5ccccc5c34)cc2)Cc2c1c1ccccc1c1ccccc21. The van der Waals surface area contributed by atoms with Crippen molar-refractivity contribution in [2.24, 2.45) is 0 Å². The number of para-hydroxylation sites is 1. The van der Waals surface area contributed by atoms with Crippen LogP contribution in [0.1, 0.15) is 22.6 Å². The molecule has 10 aromatic rings. The Balaban J connectivity index is 1.04. The number of hydrogen-bond donors (Lipinski definition) is 0. The predicted octanol–water partition coefficient (Wildman–Crippen LogP) is 13.1. The van der Waals surface area contributed by atoms with E-state index in [1.807, 2.05) is 72.8 Å². The van der Waals surface area contributed by atoms with Crippen molar-refractivity contribution in [3.05, 3.63) is 193 Å². The third-order valence-electron chi connectivity index (χ3n) is 11.1. The fourth-order valence-electron chi connectivity index (χ4n) is 8.44. The molecule has 0 saturated heterocycles. The summed E-state index contributed by atoms with van der Waals surface area (Å²) in [5.41, 5.74) is 10.6. The van der Waals surface area contributed by atoms with Crippen LogP contribution >= 0.6 is 0 Å². The monoisotopic (exact) mass is 703 g/mol. The Morgan fingerprint density at radius 1 is 0.436 bits per heavy atom. The molecule has 0 fully saturated rings. The highest BCUT2D eigenvalue weighted by Crippen LogP contribution is 2.43. The van der Waals surface area contributed by atoms with E-state index in [4.69, 9.17) is 19.4 Å². The van der Waals surface area contributed by atoms with Gasteiger partial charge in [-0.3, -0.25) is 0 Å². The quantitative estimate of drug-likeness (QED) is 0.167. The Kier molecular flexibility index (Phi) is 7.27. The van der Waals surface area contributed by atoms with E-state index in [0.717, 1.165) is 56.2 Å². The van der Waals surface area contributed by atoms with Crippen LogP contribution in [-0.2, 0) is 6.42 Å². The van der Waals surface area contributed by atoms with Crippen molar-refractivity contribution in [1.29, 1.82) is 0 Å². The molecule has 0 N–H and O–H groups in total. The van der Waals surface area contributed by atoms with Gasteiger partial charge in [-0.2, -0.15) is 0 Å². The van der Waals surface area contributed by atoms with Crippen molar-refractivity contribution in [3.8, 4) is 45.3 Å². The van der Waals surface area contributed by atoms with E-state index >= 15 is 0 Å². The zero-order valence-corrected chi connectivity index (χ0v) is 29.9. The van der Waals surface area contributed by atoms with Crippen molar-refractivity contribution >= 4 is 49.6 Å². The normalized spacial score (nSPS) is 13.9. The number of nitrogens with zero attached hydrogens (tertiary/aromatic N) is 3. The number of allylic oxidation sites excluding steroid dienone is 1. The van der Waals surface area contributed by atoms with E-state index in [0.29, 0.717) is 17.5 Å². The van der Waals surface area contributed by atoms with E-state index in [9.17, 15) is 0 Å². The number of benzene rings is 8. The van der Waals surface area contributed by atoms with Crippen LogP contribution in [0.2, 0.25) is 0 Å². The molecule has 1 atom stereocenters. The summed E-state index contributed by atoms with van der Waals surface area (Å²) in [7, 11) is 0. The summed E-state index contributed by atoms with van der Waals surface area (Å²) >= 11 is 0. The van der Waals surface area contributed by atoms with Crippen LogP contribution in [0.25, 0.3) is 94.8 Å². The Bertz CT molecular complexity index is 3050. The van der Waals surface area contributed by atoms with E-state index in [-0.39, 0.29) is 5.92 Å². The fourth-order valence-corrected chi connectivity index (χ4v) is 8.44. The Morgan fingerprint density at radius 2 is 0.982 bits per heavy atom. The molecule has 0 spiro atoms. The van der Waals surface area contributed by atoms with Gasteiger partial charge in [0.2, 0.25) is 0 Å². The van der Waals surface area contributed by atoms with Crippen LogP contribution in [0.4, 0.5) is 0 Å². The standard InChI is InChI=1S/C51H33N3O/c1-3-13-34(14-4-1)49-52-50(35-15-5-2-6-16-35)54-51(53-49)37-30-44(48-43-21-11-12-22-46(43)55-47(48)31-37)33-25-23-32(24-26-33)36-27-28-42-40-19-8-7-17-38(40)39-18-9-10-20-41(39)45(42)29-36/h1-28,30-31,36H,29H2. The molecule has 2 aromatic heterocycles. The first kappa shape index (κ1) is 31.4. The van der Waals surface area contributed by atoms with E-state index in [2.05, 4.69) is 109 Å². The van der Waals surface area contributed by atoms with Crippen LogP contribution in [-0.4, -0.2) is 15.0 Å². The third kappa shape index (κ3) is 5.33. The molecule has 2 heterocycles. The minimum absolute atomic E-state index is 0.269. The summed E-state index contributed by atoms with van der Waals surface area (Å²) in [4.78, 5) is 15.0. The van der Waals surface area contributed by atoms with Gasteiger partial charge in [-0.25, -0.2) is 15.0 Å². The van der Waals surface area contributed by atoms with Crippen LogP contribution < -0.4 is 0 Å². The summed E-state index contributed by atoms with van der Waals surface area (Å²) in [5.74, 6) is 2.12. The van der Waals surface area contributed by atoms with Gasteiger partial charge in [-0.1, -0.05) is 164 Å². The van der Waals surface area contributed by atoms with Gasteiger partial charge >= 0.3 is 0 Å². The lowest BCUT2D eigenvalue weighted by Gasteiger charge is -2.24. The smallest absolute Gasteiger partial charge is 0.164 e. The Labute approximate surface area is 318 Å². The Morgan fingerprint density at radius 3 is 1.65 bits per heavy atom. The van der Waals surface area contributed by atoms with Gasteiger partial charge in [-0.15, -0.1) is 0 Å². The predicted molar refractivity (Wildman–Crippen MR) is 226 cm³/mol. The molecular weight excluding hydrogens is 671 g/mol. The highest BCUT2D eigenvalue weighted by Gasteiger charge is 2.22. The minimum Gasteiger partial charge on any atom is -0.456 e. The summed E-state index contributed by atoms with van der Waals surface area (Å²) < 4.78 is 6.54. The van der Waals surface area contributed by atoms with Crippen molar-refractivity contribution in [3.63, 3.8) is 0 Å². The Hall–Kier alpha value is -7.17. The number of aromatic nitrogens is 3. The van der Waals surface area contributed by atoms with Gasteiger partial charge in [0.05, 0.1) is 0 Å². The topological polar surface area (TPSA) is 51.8 Å². The number of fused-ring (bicyclic) bond motifs is 9. The molecule has 0 aliphatic heterocycles. The van der Waals surface area contributed by atoms with E-state index in [1.165, 1.54) is 38.2 Å². The van der Waals surface area contributed by atoms with E-state index < -0.39 is 0 Å². The molecule has 0 bridgehead atoms. The van der Waals surface area contributed by atoms with Gasteiger partial charge in [0.15, 0.2) is 17.5 Å². The van der Waals surface area contributed by atoms with Crippen molar-refractivity contribution in [2.45, 2.75) is 12.3 Å². The third-order valence-corrected chi connectivity index (χ3v) is 11.1. The second-order valence-electron chi connectivity index (χ2n) is 14.3. The number of hydrogen-bond acceptors (Lipinski definition) is 4. The lowest BCUT2D eigenvalue weighted by molar-refractivity contribution is 0.669. The van der Waals surface area contributed by atoms with E-state index in [1.54, 1.807) is 0 Å². The average Bonchev–Trinajstić information content (AvgIpc) is 3.65. The zero-order valence-electron chi connectivity index (χ0n) is 29.9. The molecule has 55 heavy (non-hydrogen) atoms. The minimum atomic E-state index is 0.269. The van der Waals surface area contributed by atoms with Crippen molar-refractivity contribution in [1.82, 2.24) is 15.0 Å². The van der Waals surface area contributed by atoms with Crippen LogP contribution in [0.15, 0.2) is 180 Å². The second kappa shape index (κ2) is 12.8. The summed E-state index contributed by atoms with van der Waals surface area (Å²) in [6, 6.07) is 59.5. The fraction of sp³-hybridized carbons (Fsp3) is 0.0392. The van der Waals surface area contributed by atoms with Gasteiger partial charge in [-0.05, 0) is 74.0 Å². The highest BCUT2D eigenvalue weighted by atomic mass is 16.3. The molecule has 1 aliphatic carbocycles. The molecule has 0 radical (unpaired) electrons. The van der Waals surface area contributed by atoms with Gasteiger partial charge in [0.1, 0.15) is 11.2 Å². The van der Waals surface area contributed by atoms with Gasteiger partial charge in [0.25, 0.3) is 0 Å². The number of rotatable bonds is 5. The maximum absolute atomic E-state index is 6.54. The van der Waals surface area contributed by atoms with Gasteiger partial charge < -0.3 is 4.42 Å². The summed E-state index contributed by atoms with van der Waals surface area (Å²) in [5, 5.41) is 7.47. The summed E-state index contributed by atoms with van der Waals surface area (Å²) in [6.45, 7) is 0. The maximum Gasteiger partial charge on any atom is 0.164 e. The first-order valence-corrected chi connectivity index (χ1v) is 18.8. The molecule has 0 saturated carbocycles. The largest absolute Gasteiger partial charge is 0.456 e. The first-order chi connectivity index (χ1) is 27.2. The molecule has 1 unspecified atom stereocenters. The molecular formula is C51H33N3O. The molecule has 0 amide bonds. The van der Waals surface area contributed by atoms with Crippen LogP contribution in [0.5, 0.6) is 0 Å². The molecule has 4 heteroatoms. The molecule has 8 aromatic carbocycles. The van der Waals surface area contributed by atoms with Crippen LogP contribution in [0, 0.1) is 0 Å². The molecule has 1 aliphatic rings. The maximum atomic E-state index is 6.54. The van der Waals surface area contributed by atoms with Crippen molar-refractivity contribution in [2.75, 3.05) is 0 Å². The van der Waals surface area contributed by atoms with Gasteiger partial charge in [0, 0.05) is 33.4 Å². The zero-order chi connectivity index (χ0) is 36.3. The molecule has 4 nitrogen and oxygen atoms in total.